The summed E-state index contributed by atoms with van der Waals surface area (Å²) in [7, 11) is -3.32. The number of nitrogens with zero attached hydrogens (tertiary/aromatic N) is 4. The molecule has 0 radical (unpaired) electrons. The second kappa shape index (κ2) is 11.2. The zero-order valence-electron chi connectivity index (χ0n) is 22.5. The highest BCUT2D eigenvalue weighted by atomic mass is 32.2. The molecular weight excluding hydrogens is 540 g/mol. The van der Waals surface area contributed by atoms with Crippen molar-refractivity contribution in [1.82, 2.24) is 19.9 Å². The molecule has 2 fully saturated rings. The third-order valence-corrected chi connectivity index (χ3v) is 10.3. The molecule has 2 aliphatic carbocycles. The highest BCUT2D eigenvalue weighted by Crippen LogP contribution is 2.45. The quantitative estimate of drug-likeness (QED) is 0.185. The van der Waals surface area contributed by atoms with Crippen LogP contribution in [0.4, 0.5) is 11.8 Å². The number of sulfone groups is 1. The Hall–Kier alpha value is -2.45. The molecule has 2 saturated carbocycles. The van der Waals surface area contributed by atoms with E-state index in [2.05, 4.69) is 25.6 Å². The van der Waals surface area contributed by atoms with Crippen molar-refractivity contribution in [3.05, 3.63) is 23.7 Å². The number of hydrogen-bond acceptors (Lipinski definition) is 12. The number of nitrogens with one attached hydrogen (secondary N) is 2. The first-order valence-electron chi connectivity index (χ1n) is 13.5. The van der Waals surface area contributed by atoms with Gasteiger partial charge in [0.1, 0.15) is 32.3 Å². The van der Waals surface area contributed by atoms with Gasteiger partial charge in [0.05, 0.1) is 34.0 Å². The number of aliphatic hydroxyl groups is 2. The van der Waals surface area contributed by atoms with E-state index < -0.39 is 27.6 Å². The largest absolute Gasteiger partial charge is 0.388 e. The minimum absolute atomic E-state index is 0.0105. The molecule has 0 saturated heterocycles. The summed E-state index contributed by atoms with van der Waals surface area (Å²) in [6.45, 7) is 6.93. The molecular formula is C26H36N6O5S2. The maximum Gasteiger partial charge on any atom is 0.224 e. The van der Waals surface area contributed by atoms with Crippen molar-refractivity contribution in [3.63, 3.8) is 0 Å². The van der Waals surface area contributed by atoms with Gasteiger partial charge in [-0.05, 0) is 45.6 Å². The fourth-order valence-electron chi connectivity index (χ4n) is 5.08. The summed E-state index contributed by atoms with van der Waals surface area (Å²) in [6, 6.07) is 1.95. The van der Waals surface area contributed by atoms with Gasteiger partial charge in [0.25, 0.3) is 0 Å². The van der Waals surface area contributed by atoms with Crippen LogP contribution in [-0.2, 0) is 14.6 Å². The number of aromatic nitrogens is 4. The lowest BCUT2D eigenvalue weighted by atomic mass is 10.0. The van der Waals surface area contributed by atoms with E-state index in [1.54, 1.807) is 6.92 Å². The normalized spacial score (nSPS) is 23.4. The number of aryl methyl sites for hydroxylation is 1. The van der Waals surface area contributed by atoms with Crippen LogP contribution in [0.25, 0.3) is 20.8 Å². The van der Waals surface area contributed by atoms with Gasteiger partial charge in [-0.1, -0.05) is 6.92 Å². The van der Waals surface area contributed by atoms with Gasteiger partial charge in [-0.3, -0.25) is 4.98 Å². The van der Waals surface area contributed by atoms with E-state index in [1.807, 2.05) is 26.1 Å². The first kappa shape index (κ1) is 28.1. The minimum Gasteiger partial charge on any atom is -0.388 e. The summed E-state index contributed by atoms with van der Waals surface area (Å²) in [5, 5.41) is 29.5. The molecule has 3 unspecified atom stereocenters. The Kier molecular flexibility index (Phi) is 8.07. The standard InChI is InChI=1S/C26H36N6O5S2/c1-4-37-13-12-28-25-29-15(3)19(24-30-21-18(38-24)9-11-27-20(21)16-6-7-16)23(31-25)32-26(34)10-8-17(22(26)33)14-39(35,36)5-2/h9,11,16-17,22,33-34H,4-8,10,12-14H2,1-3H3,(H2,28,29,31,32). The van der Waals surface area contributed by atoms with E-state index in [0.29, 0.717) is 60.1 Å². The summed E-state index contributed by atoms with van der Waals surface area (Å²) in [5.41, 5.74) is 1.38. The van der Waals surface area contributed by atoms with Gasteiger partial charge < -0.3 is 25.6 Å². The molecule has 3 heterocycles. The van der Waals surface area contributed by atoms with Crippen LogP contribution in [-0.4, -0.2) is 81.7 Å². The Morgan fingerprint density at radius 3 is 2.72 bits per heavy atom. The van der Waals surface area contributed by atoms with Gasteiger partial charge in [-0.2, -0.15) is 4.98 Å². The van der Waals surface area contributed by atoms with Crippen molar-refractivity contribution >= 4 is 43.2 Å². The lowest BCUT2D eigenvalue weighted by Crippen LogP contribution is -2.48. The molecule has 3 aromatic heterocycles. The lowest BCUT2D eigenvalue weighted by molar-refractivity contribution is -0.0442. The summed E-state index contributed by atoms with van der Waals surface area (Å²) in [5.74, 6) is 0.328. The predicted octanol–water partition coefficient (Wildman–Crippen LogP) is 3.09. The van der Waals surface area contributed by atoms with Crippen LogP contribution in [0, 0.1) is 12.8 Å². The summed E-state index contributed by atoms with van der Waals surface area (Å²) < 4.78 is 30.9. The second-order valence-corrected chi connectivity index (χ2v) is 13.7. The number of anilines is 2. The molecule has 39 heavy (non-hydrogen) atoms. The number of hydrogen-bond donors (Lipinski definition) is 4. The second-order valence-electron chi connectivity index (χ2n) is 10.3. The predicted molar refractivity (Wildman–Crippen MR) is 152 cm³/mol. The van der Waals surface area contributed by atoms with Crippen LogP contribution in [0.2, 0.25) is 0 Å². The maximum atomic E-state index is 12.2. The Morgan fingerprint density at radius 2 is 2.00 bits per heavy atom. The average molecular weight is 577 g/mol. The van der Waals surface area contributed by atoms with E-state index in [-0.39, 0.29) is 17.9 Å². The lowest BCUT2D eigenvalue weighted by Gasteiger charge is -2.31. The number of pyridine rings is 1. The zero-order valence-corrected chi connectivity index (χ0v) is 24.1. The number of aliphatic hydroxyl groups excluding tert-OH is 1. The third-order valence-electron chi connectivity index (χ3n) is 7.41. The van der Waals surface area contributed by atoms with Crippen LogP contribution < -0.4 is 10.6 Å². The van der Waals surface area contributed by atoms with Gasteiger partial charge in [-0.15, -0.1) is 11.3 Å². The van der Waals surface area contributed by atoms with Crippen LogP contribution >= 0.6 is 11.3 Å². The fourth-order valence-corrected chi connectivity index (χ4v) is 7.38. The van der Waals surface area contributed by atoms with Crippen molar-refractivity contribution in [1.29, 1.82) is 0 Å². The Balaban J connectivity index is 1.51. The Bertz CT molecular complexity index is 1440. The maximum absolute atomic E-state index is 12.2. The van der Waals surface area contributed by atoms with Gasteiger partial charge in [0, 0.05) is 36.9 Å². The fraction of sp³-hybridized carbons (Fsp3) is 0.615. The highest BCUT2D eigenvalue weighted by Gasteiger charge is 2.48. The summed E-state index contributed by atoms with van der Waals surface area (Å²) >= 11 is 1.50. The van der Waals surface area contributed by atoms with E-state index >= 15 is 0 Å². The number of thiazole rings is 1. The van der Waals surface area contributed by atoms with E-state index in [9.17, 15) is 18.6 Å². The summed E-state index contributed by atoms with van der Waals surface area (Å²) in [4.78, 5) is 18.9. The first-order chi connectivity index (χ1) is 18.6. The topological polar surface area (TPSA) is 159 Å². The van der Waals surface area contributed by atoms with E-state index in [1.165, 1.54) is 11.3 Å². The van der Waals surface area contributed by atoms with Crippen molar-refractivity contribution in [2.45, 2.75) is 64.2 Å². The smallest absolute Gasteiger partial charge is 0.224 e. The molecule has 3 atom stereocenters. The molecule has 2 aliphatic rings. The van der Waals surface area contributed by atoms with Crippen LogP contribution in [0.1, 0.15) is 56.8 Å². The first-order valence-corrected chi connectivity index (χ1v) is 16.1. The molecule has 212 valence electrons. The van der Waals surface area contributed by atoms with Crippen LogP contribution in [0.5, 0.6) is 0 Å². The molecule has 3 aromatic rings. The van der Waals surface area contributed by atoms with Crippen LogP contribution in [0.3, 0.4) is 0 Å². The Labute approximate surface area is 232 Å². The SMILES string of the molecule is CCOCCNc1nc(C)c(-c2nc3c(C4CC4)nccc3s2)c(NC2(O)CCC(CS(=O)(=O)CC)C2O)n1. The molecule has 0 aromatic carbocycles. The molecule has 0 bridgehead atoms. The number of rotatable bonds is 12. The third kappa shape index (κ3) is 6.02. The molecule has 0 aliphatic heterocycles. The van der Waals surface area contributed by atoms with Gasteiger partial charge >= 0.3 is 0 Å². The van der Waals surface area contributed by atoms with Gasteiger partial charge in [0.2, 0.25) is 5.95 Å². The average Bonchev–Trinajstić information content (AvgIpc) is 3.60. The van der Waals surface area contributed by atoms with Crippen molar-refractivity contribution < 1.29 is 23.4 Å². The van der Waals surface area contributed by atoms with E-state index in [4.69, 9.17) is 9.72 Å². The molecule has 11 nitrogen and oxygen atoms in total. The molecule has 13 heteroatoms. The van der Waals surface area contributed by atoms with Crippen LogP contribution in [0.15, 0.2) is 12.3 Å². The summed E-state index contributed by atoms with van der Waals surface area (Å²) in [6.07, 6.45) is 3.26. The molecule has 5 rings (SSSR count). The Morgan fingerprint density at radius 1 is 1.21 bits per heavy atom. The zero-order chi connectivity index (χ0) is 27.8. The monoisotopic (exact) mass is 576 g/mol. The highest BCUT2D eigenvalue weighted by molar-refractivity contribution is 7.91. The molecule has 0 amide bonds. The van der Waals surface area contributed by atoms with Crippen molar-refractivity contribution in [2.75, 3.05) is 41.9 Å². The number of ether oxygens (including phenoxy) is 1. The minimum atomic E-state index is -3.32. The molecule has 4 N–H and O–H groups in total. The van der Waals surface area contributed by atoms with Crippen molar-refractivity contribution in [3.8, 4) is 10.6 Å². The van der Waals surface area contributed by atoms with Gasteiger partial charge in [-0.25, -0.2) is 18.4 Å². The van der Waals surface area contributed by atoms with Crippen molar-refractivity contribution in [2.24, 2.45) is 5.92 Å². The molecule has 0 spiro atoms. The van der Waals surface area contributed by atoms with E-state index in [0.717, 1.165) is 28.8 Å². The number of fused-ring (bicyclic) bond motifs is 1. The van der Waals surface area contributed by atoms with Gasteiger partial charge in [0.15, 0.2) is 5.72 Å².